The number of carbonyl (C=O) groups is 1. The second kappa shape index (κ2) is 5.92. The summed E-state index contributed by atoms with van der Waals surface area (Å²) < 4.78 is 13.3. The highest BCUT2D eigenvalue weighted by atomic mass is 16.5. The zero-order valence-electron chi connectivity index (χ0n) is 17.1. The van der Waals surface area contributed by atoms with Crippen molar-refractivity contribution in [2.45, 2.75) is 20.0 Å². The maximum absolute atomic E-state index is 13.0. The molecule has 1 aliphatic rings. The van der Waals surface area contributed by atoms with Crippen LogP contribution < -0.4 is 14.8 Å². The molecule has 2 aromatic heterocycles. The summed E-state index contributed by atoms with van der Waals surface area (Å²) in [5.74, 6) is 1.56. The maximum atomic E-state index is 13.0. The summed E-state index contributed by atoms with van der Waals surface area (Å²) in [5, 5.41) is 7.24. The molecule has 0 spiro atoms. The van der Waals surface area contributed by atoms with Crippen LogP contribution in [-0.2, 0) is 13.1 Å². The summed E-state index contributed by atoms with van der Waals surface area (Å²) in [5.41, 5.74) is 6.05. The van der Waals surface area contributed by atoms with Gasteiger partial charge in [0.05, 0.1) is 30.8 Å². The van der Waals surface area contributed by atoms with Crippen LogP contribution in [0.5, 0.6) is 11.5 Å². The van der Waals surface area contributed by atoms with Gasteiger partial charge >= 0.3 is 0 Å². The number of hydrogen-bond acceptors (Lipinski definition) is 3. The third-order valence-electron chi connectivity index (χ3n) is 6.34. The summed E-state index contributed by atoms with van der Waals surface area (Å²) >= 11 is 0. The topological polar surface area (TPSA) is 68.3 Å². The number of aromatic amines is 1. The molecule has 3 heterocycles. The smallest absolute Gasteiger partial charge is 0.252 e. The van der Waals surface area contributed by atoms with E-state index < -0.39 is 0 Å². The minimum Gasteiger partial charge on any atom is -0.497 e. The fourth-order valence-corrected chi connectivity index (χ4v) is 5.05. The van der Waals surface area contributed by atoms with Crippen molar-refractivity contribution in [3.05, 3.63) is 47.5 Å². The number of amides is 1. The lowest BCUT2D eigenvalue weighted by Gasteiger charge is -2.07. The highest BCUT2D eigenvalue weighted by molar-refractivity contribution is 6.30. The van der Waals surface area contributed by atoms with E-state index in [2.05, 4.69) is 33.9 Å². The average Bonchev–Trinajstić information content (AvgIpc) is 3.43. The Morgan fingerprint density at radius 1 is 1.00 bits per heavy atom. The lowest BCUT2D eigenvalue weighted by molar-refractivity contribution is 0.0967. The van der Waals surface area contributed by atoms with Gasteiger partial charge in [-0.05, 0) is 48.9 Å². The number of hydrogen-bond donors (Lipinski definition) is 2. The molecule has 0 radical (unpaired) electrons. The Hall–Kier alpha value is -3.67. The van der Waals surface area contributed by atoms with Crippen LogP contribution in [0.15, 0.2) is 36.4 Å². The lowest BCUT2D eigenvalue weighted by atomic mass is 9.97. The minimum absolute atomic E-state index is 0.0269. The SMILES string of the molecule is CCn1c2ccc(OC)cc2c2c3c(c4c5cc(OC)ccc5[nH]c4c21)C(=O)NC3. The number of nitrogens with one attached hydrogen (secondary N) is 2. The van der Waals surface area contributed by atoms with E-state index in [4.69, 9.17) is 9.47 Å². The first-order valence-electron chi connectivity index (χ1n) is 10.1. The highest BCUT2D eigenvalue weighted by Gasteiger charge is 2.30. The fourth-order valence-electron chi connectivity index (χ4n) is 5.05. The van der Waals surface area contributed by atoms with Gasteiger partial charge in [-0.2, -0.15) is 0 Å². The zero-order chi connectivity index (χ0) is 20.6. The number of aromatic nitrogens is 2. The molecule has 0 aliphatic carbocycles. The fraction of sp³-hybridized carbons (Fsp3) is 0.208. The van der Waals surface area contributed by atoms with Gasteiger partial charge in [0.1, 0.15) is 11.5 Å². The van der Waals surface area contributed by atoms with Crippen molar-refractivity contribution in [2.24, 2.45) is 0 Å². The molecule has 0 atom stereocenters. The predicted octanol–water partition coefficient (Wildman–Crippen LogP) is 4.71. The van der Waals surface area contributed by atoms with Crippen LogP contribution in [0.25, 0.3) is 43.6 Å². The summed E-state index contributed by atoms with van der Waals surface area (Å²) in [6, 6.07) is 12.1. The third kappa shape index (κ3) is 2.00. The van der Waals surface area contributed by atoms with E-state index in [0.29, 0.717) is 6.54 Å². The Kier molecular flexibility index (Phi) is 3.40. The lowest BCUT2D eigenvalue weighted by Crippen LogP contribution is -2.12. The Morgan fingerprint density at radius 3 is 2.47 bits per heavy atom. The number of carbonyl (C=O) groups excluding carboxylic acids is 1. The summed E-state index contributed by atoms with van der Waals surface area (Å²) in [6.07, 6.45) is 0. The van der Waals surface area contributed by atoms with Gasteiger partial charge in [0, 0.05) is 45.7 Å². The molecule has 0 saturated carbocycles. The van der Waals surface area contributed by atoms with Gasteiger partial charge in [-0.25, -0.2) is 0 Å². The van der Waals surface area contributed by atoms with Gasteiger partial charge in [0.2, 0.25) is 0 Å². The maximum Gasteiger partial charge on any atom is 0.252 e. The number of fused-ring (bicyclic) bond motifs is 10. The number of H-pyrrole nitrogens is 1. The van der Waals surface area contributed by atoms with E-state index >= 15 is 0 Å². The zero-order valence-corrected chi connectivity index (χ0v) is 17.1. The average molecular weight is 399 g/mol. The van der Waals surface area contributed by atoms with E-state index in [0.717, 1.165) is 72.8 Å². The van der Waals surface area contributed by atoms with E-state index in [9.17, 15) is 4.79 Å². The van der Waals surface area contributed by atoms with E-state index in [1.165, 1.54) is 0 Å². The van der Waals surface area contributed by atoms with Crippen LogP contribution in [0.2, 0.25) is 0 Å². The second-order valence-corrected chi connectivity index (χ2v) is 7.67. The number of benzene rings is 3. The molecule has 30 heavy (non-hydrogen) atoms. The van der Waals surface area contributed by atoms with Crippen molar-refractivity contribution < 1.29 is 14.3 Å². The number of nitrogens with zero attached hydrogens (tertiary/aromatic N) is 1. The van der Waals surface area contributed by atoms with Gasteiger partial charge in [-0.15, -0.1) is 0 Å². The Bertz CT molecular complexity index is 1520. The molecular formula is C24H21N3O3. The van der Waals surface area contributed by atoms with Gasteiger partial charge < -0.3 is 24.3 Å². The molecule has 0 saturated heterocycles. The predicted molar refractivity (Wildman–Crippen MR) is 119 cm³/mol. The normalized spacial score (nSPS) is 13.5. The molecule has 1 amide bonds. The van der Waals surface area contributed by atoms with Crippen LogP contribution in [0.3, 0.4) is 0 Å². The van der Waals surface area contributed by atoms with Gasteiger partial charge in [0.15, 0.2) is 0 Å². The standard InChI is InChI=1S/C24H21N3O3/c1-4-27-18-8-6-13(30-3)10-15(18)19-16-11-25-24(28)21(16)20-14-9-12(29-2)5-7-17(14)26-22(20)23(19)27/h5-10,26H,4,11H2,1-3H3,(H,25,28). The molecule has 150 valence electrons. The van der Waals surface area contributed by atoms with E-state index in [1.807, 2.05) is 24.3 Å². The molecule has 6 nitrogen and oxygen atoms in total. The monoisotopic (exact) mass is 399 g/mol. The molecule has 0 unspecified atom stereocenters. The second-order valence-electron chi connectivity index (χ2n) is 7.67. The Balaban J connectivity index is 1.93. The molecule has 0 bridgehead atoms. The van der Waals surface area contributed by atoms with Crippen molar-refractivity contribution in [3.8, 4) is 11.5 Å². The number of rotatable bonds is 3. The van der Waals surface area contributed by atoms with Crippen molar-refractivity contribution in [1.29, 1.82) is 0 Å². The Labute approximate surface area is 172 Å². The molecule has 5 aromatic rings. The van der Waals surface area contributed by atoms with Crippen LogP contribution in [-0.4, -0.2) is 29.7 Å². The number of ether oxygens (including phenoxy) is 2. The highest BCUT2D eigenvalue weighted by Crippen LogP contribution is 2.44. The largest absolute Gasteiger partial charge is 0.497 e. The Morgan fingerprint density at radius 2 is 1.73 bits per heavy atom. The molecular weight excluding hydrogens is 378 g/mol. The first kappa shape index (κ1) is 17.2. The minimum atomic E-state index is -0.0269. The summed E-state index contributed by atoms with van der Waals surface area (Å²) in [6.45, 7) is 3.49. The van der Waals surface area contributed by atoms with Crippen molar-refractivity contribution in [2.75, 3.05) is 14.2 Å². The summed E-state index contributed by atoms with van der Waals surface area (Å²) in [7, 11) is 3.34. The van der Waals surface area contributed by atoms with Crippen molar-refractivity contribution in [3.63, 3.8) is 0 Å². The first-order valence-corrected chi connectivity index (χ1v) is 10.1. The third-order valence-corrected chi connectivity index (χ3v) is 6.34. The van der Waals surface area contributed by atoms with Crippen LogP contribution in [0.1, 0.15) is 22.8 Å². The van der Waals surface area contributed by atoms with Gasteiger partial charge in [-0.3, -0.25) is 4.79 Å². The molecule has 6 rings (SSSR count). The van der Waals surface area contributed by atoms with Crippen molar-refractivity contribution >= 4 is 49.5 Å². The van der Waals surface area contributed by atoms with Gasteiger partial charge in [-0.1, -0.05) is 0 Å². The van der Waals surface area contributed by atoms with Gasteiger partial charge in [0.25, 0.3) is 5.91 Å². The molecule has 2 N–H and O–H groups in total. The number of methoxy groups -OCH3 is 2. The molecule has 0 fully saturated rings. The van der Waals surface area contributed by atoms with Crippen LogP contribution >= 0.6 is 0 Å². The molecule has 3 aromatic carbocycles. The van der Waals surface area contributed by atoms with E-state index in [-0.39, 0.29) is 5.91 Å². The first-order chi connectivity index (χ1) is 14.7. The quantitative estimate of drug-likeness (QED) is 0.462. The van der Waals surface area contributed by atoms with Crippen molar-refractivity contribution in [1.82, 2.24) is 14.9 Å². The van der Waals surface area contributed by atoms with Crippen LogP contribution in [0.4, 0.5) is 0 Å². The molecule has 6 heteroatoms. The van der Waals surface area contributed by atoms with Crippen LogP contribution in [0, 0.1) is 0 Å². The number of aryl methyl sites for hydroxylation is 1. The van der Waals surface area contributed by atoms with E-state index in [1.54, 1.807) is 14.2 Å². The molecule has 1 aliphatic heterocycles. The summed E-state index contributed by atoms with van der Waals surface area (Å²) in [4.78, 5) is 16.6.